The molecule has 3 rings (SSSR count). The van der Waals surface area contributed by atoms with Crippen LogP contribution in [0.5, 0.6) is 11.5 Å². The Bertz CT molecular complexity index is 845. The van der Waals surface area contributed by atoms with Crippen molar-refractivity contribution in [1.82, 2.24) is 0 Å². The van der Waals surface area contributed by atoms with Gasteiger partial charge < -0.3 is 24.4 Å². The van der Waals surface area contributed by atoms with E-state index in [-0.39, 0.29) is 5.91 Å². The lowest BCUT2D eigenvalue weighted by Crippen LogP contribution is -2.36. The Balaban J connectivity index is 1.67. The summed E-state index contributed by atoms with van der Waals surface area (Å²) in [5, 5.41) is 2.98. The molecule has 0 saturated carbocycles. The van der Waals surface area contributed by atoms with Crippen molar-refractivity contribution in [3.63, 3.8) is 0 Å². The molecule has 1 saturated heterocycles. The minimum absolute atomic E-state index is 0.184. The Morgan fingerprint density at radius 2 is 1.97 bits per heavy atom. The van der Waals surface area contributed by atoms with Gasteiger partial charge in [0.2, 0.25) is 5.91 Å². The molecule has 0 spiro atoms. The summed E-state index contributed by atoms with van der Waals surface area (Å²) in [7, 11) is 1.61. The molecule has 1 amide bonds. The molecular weight excluding hydrogens is 368 g/mol. The van der Waals surface area contributed by atoms with Gasteiger partial charge in [-0.15, -0.1) is 0 Å². The van der Waals surface area contributed by atoms with E-state index in [0.29, 0.717) is 31.3 Å². The third-order valence-electron chi connectivity index (χ3n) is 4.59. The highest BCUT2D eigenvalue weighted by atomic mass is 16.5. The van der Waals surface area contributed by atoms with E-state index in [9.17, 15) is 4.79 Å². The van der Waals surface area contributed by atoms with E-state index in [2.05, 4.69) is 17.1 Å². The minimum Gasteiger partial charge on any atom is -0.493 e. The highest BCUT2D eigenvalue weighted by Gasteiger charge is 2.15. The summed E-state index contributed by atoms with van der Waals surface area (Å²) in [4.78, 5) is 14.7. The van der Waals surface area contributed by atoms with Gasteiger partial charge in [0.1, 0.15) is 0 Å². The van der Waals surface area contributed by atoms with E-state index in [1.165, 1.54) is 6.08 Å². The molecular formula is C23H28N2O4. The second kappa shape index (κ2) is 10.5. The number of hydrogen-bond donors (Lipinski definition) is 1. The second-order valence-electron chi connectivity index (χ2n) is 6.70. The van der Waals surface area contributed by atoms with Gasteiger partial charge in [0.05, 0.1) is 38.3 Å². The number of nitrogens with zero attached hydrogens (tertiary/aromatic N) is 1. The zero-order valence-corrected chi connectivity index (χ0v) is 17.0. The zero-order chi connectivity index (χ0) is 20.5. The van der Waals surface area contributed by atoms with Crippen molar-refractivity contribution >= 4 is 23.4 Å². The van der Waals surface area contributed by atoms with Crippen LogP contribution in [0.15, 0.2) is 48.5 Å². The first kappa shape index (κ1) is 20.7. The van der Waals surface area contributed by atoms with Gasteiger partial charge in [0.25, 0.3) is 0 Å². The van der Waals surface area contributed by atoms with Crippen LogP contribution in [0, 0.1) is 0 Å². The molecule has 0 aliphatic carbocycles. The van der Waals surface area contributed by atoms with Gasteiger partial charge in [0.15, 0.2) is 11.5 Å². The molecule has 0 bridgehead atoms. The number of carbonyl (C=O) groups is 1. The summed E-state index contributed by atoms with van der Waals surface area (Å²) in [5.74, 6) is 1.17. The Kier molecular flexibility index (Phi) is 7.53. The summed E-state index contributed by atoms with van der Waals surface area (Å²) in [6.45, 7) is 5.71. The second-order valence-corrected chi connectivity index (χ2v) is 6.70. The number of hydrogen-bond acceptors (Lipinski definition) is 5. The smallest absolute Gasteiger partial charge is 0.248 e. The first-order chi connectivity index (χ1) is 14.2. The third-order valence-corrected chi connectivity index (χ3v) is 4.59. The summed E-state index contributed by atoms with van der Waals surface area (Å²) in [6, 6.07) is 13.5. The van der Waals surface area contributed by atoms with Gasteiger partial charge in [-0.05, 0) is 42.3 Å². The van der Waals surface area contributed by atoms with Gasteiger partial charge in [-0.2, -0.15) is 0 Å². The SMILES string of the molecule is CCCOc1ccc(/C=C/C(=O)Nc2ccccc2N2CCOCC2)cc1OC. The number of ether oxygens (including phenoxy) is 3. The topological polar surface area (TPSA) is 60.0 Å². The van der Waals surface area contributed by atoms with Crippen LogP contribution < -0.4 is 19.7 Å². The average Bonchev–Trinajstić information content (AvgIpc) is 2.77. The van der Waals surface area contributed by atoms with Crippen LogP contribution in [0.25, 0.3) is 6.08 Å². The average molecular weight is 396 g/mol. The molecule has 0 aromatic heterocycles. The molecule has 2 aromatic carbocycles. The molecule has 1 aliphatic rings. The normalized spacial score (nSPS) is 14.1. The summed E-state index contributed by atoms with van der Waals surface area (Å²) >= 11 is 0. The largest absolute Gasteiger partial charge is 0.493 e. The standard InChI is InChI=1S/C23H28N2O4/c1-3-14-29-21-10-8-18(17-22(21)27-2)9-11-23(26)24-19-6-4-5-7-20(19)25-12-15-28-16-13-25/h4-11,17H,3,12-16H2,1-2H3,(H,24,26)/b11-9+. The monoisotopic (exact) mass is 396 g/mol. The maximum atomic E-state index is 12.5. The van der Waals surface area contributed by atoms with Gasteiger partial charge in [0, 0.05) is 19.2 Å². The highest BCUT2D eigenvalue weighted by Crippen LogP contribution is 2.29. The molecule has 6 nitrogen and oxygen atoms in total. The van der Waals surface area contributed by atoms with Crippen molar-refractivity contribution in [3.8, 4) is 11.5 Å². The Morgan fingerprint density at radius 3 is 2.72 bits per heavy atom. The zero-order valence-electron chi connectivity index (χ0n) is 17.0. The van der Waals surface area contributed by atoms with Crippen LogP contribution in [0.4, 0.5) is 11.4 Å². The van der Waals surface area contributed by atoms with Crippen molar-refractivity contribution in [1.29, 1.82) is 0 Å². The van der Waals surface area contributed by atoms with Crippen molar-refractivity contribution in [2.24, 2.45) is 0 Å². The molecule has 154 valence electrons. The van der Waals surface area contributed by atoms with Crippen molar-refractivity contribution in [3.05, 3.63) is 54.1 Å². The molecule has 29 heavy (non-hydrogen) atoms. The number of rotatable bonds is 8. The number of nitrogens with one attached hydrogen (secondary N) is 1. The number of carbonyl (C=O) groups excluding carboxylic acids is 1. The maximum absolute atomic E-state index is 12.5. The summed E-state index contributed by atoms with van der Waals surface area (Å²) < 4.78 is 16.5. The van der Waals surface area contributed by atoms with Crippen LogP contribution in [-0.4, -0.2) is 45.9 Å². The molecule has 1 N–H and O–H groups in total. The number of morpholine rings is 1. The van der Waals surface area contributed by atoms with Gasteiger partial charge >= 0.3 is 0 Å². The lowest BCUT2D eigenvalue weighted by atomic mass is 10.2. The number of benzene rings is 2. The predicted molar refractivity (Wildman–Crippen MR) is 116 cm³/mol. The van der Waals surface area contributed by atoms with E-state index >= 15 is 0 Å². The molecule has 0 unspecified atom stereocenters. The Hall–Kier alpha value is -2.99. The fourth-order valence-corrected chi connectivity index (χ4v) is 3.12. The fraction of sp³-hybridized carbons (Fsp3) is 0.348. The van der Waals surface area contributed by atoms with Crippen LogP contribution in [0.3, 0.4) is 0 Å². The molecule has 6 heteroatoms. The first-order valence-corrected chi connectivity index (χ1v) is 9.93. The van der Waals surface area contributed by atoms with E-state index in [0.717, 1.165) is 36.4 Å². The number of para-hydroxylation sites is 2. The quantitative estimate of drug-likeness (QED) is 0.684. The Morgan fingerprint density at radius 1 is 1.17 bits per heavy atom. The third kappa shape index (κ3) is 5.74. The maximum Gasteiger partial charge on any atom is 0.248 e. The van der Waals surface area contributed by atoms with E-state index < -0.39 is 0 Å². The van der Waals surface area contributed by atoms with E-state index in [1.807, 2.05) is 42.5 Å². The van der Waals surface area contributed by atoms with Gasteiger partial charge in [-0.1, -0.05) is 25.1 Å². The molecule has 1 heterocycles. The van der Waals surface area contributed by atoms with Crippen LogP contribution in [-0.2, 0) is 9.53 Å². The van der Waals surface area contributed by atoms with Crippen molar-refractivity contribution in [2.45, 2.75) is 13.3 Å². The number of anilines is 2. The number of amides is 1. The Labute approximate surface area is 172 Å². The molecule has 1 fully saturated rings. The van der Waals surface area contributed by atoms with Crippen molar-refractivity contribution in [2.75, 3.05) is 50.2 Å². The van der Waals surface area contributed by atoms with Gasteiger partial charge in [-0.3, -0.25) is 4.79 Å². The van der Waals surface area contributed by atoms with E-state index in [1.54, 1.807) is 13.2 Å². The van der Waals surface area contributed by atoms with Crippen LogP contribution >= 0.6 is 0 Å². The lowest BCUT2D eigenvalue weighted by Gasteiger charge is -2.30. The summed E-state index contributed by atoms with van der Waals surface area (Å²) in [5.41, 5.74) is 2.67. The predicted octanol–water partition coefficient (Wildman–Crippen LogP) is 3.97. The van der Waals surface area contributed by atoms with Crippen LogP contribution in [0.2, 0.25) is 0 Å². The molecule has 2 aromatic rings. The minimum atomic E-state index is -0.184. The van der Waals surface area contributed by atoms with E-state index in [4.69, 9.17) is 14.2 Å². The fourth-order valence-electron chi connectivity index (χ4n) is 3.12. The molecule has 1 aliphatic heterocycles. The number of methoxy groups -OCH3 is 1. The summed E-state index contributed by atoms with van der Waals surface area (Å²) in [6.07, 6.45) is 4.22. The van der Waals surface area contributed by atoms with Crippen molar-refractivity contribution < 1.29 is 19.0 Å². The van der Waals surface area contributed by atoms with Crippen LogP contribution in [0.1, 0.15) is 18.9 Å². The first-order valence-electron chi connectivity index (χ1n) is 9.93. The lowest BCUT2D eigenvalue weighted by molar-refractivity contribution is -0.111. The highest BCUT2D eigenvalue weighted by molar-refractivity contribution is 6.03. The van der Waals surface area contributed by atoms with Gasteiger partial charge in [-0.25, -0.2) is 0 Å². The molecule has 0 radical (unpaired) electrons. The molecule has 0 atom stereocenters.